The van der Waals surface area contributed by atoms with Crippen LogP contribution in [0.1, 0.15) is 20.3 Å². The highest BCUT2D eigenvalue weighted by atomic mass is 15.0. The Labute approximate surface area is 63.4 Å². The van der Waals surface area contributed by atoms with E-state index < -0.39 is 0 Å². The molecule has 1 aliphatic heterocycles. The van der Waals surface area contributed by atoms with Crippen molar-refractivity contribution in [1.29, 1.82) is 0 Å². The first-order chi connectivity index (χ1) is 4.71. The van der Waals surface area contributed by atoms with E-state index >= 15 is 0 Å². The van der Waals surface area contributed by atoms with Crippen LogP contribution in [0.5, 0.6) is 0 Å². The predicted molar refractivity (Wildman–Crippen MR) is 44.1 cm³/mol. The Bertz CT molecular complexity index is 89.4. The summed E-state index contributed by atoms with van der Waals surface area (Å²) in [6.45, 7) is 9.20. The number of nitrogens with one attached hydrogen (secondary N) is 2. The molecule has 0 aromatic heterocycles. The molecule has 1 saturated heterocycles. The van der Waals surface area contributed by atoms with Crippen molar-refractivity contribution in [2.24, 2.45) is 5.41 Å². The second-order valence-electron chi connectivity index (χ2n) is 3.84. The molecule has 0 aromatic carbocycles. The van der Waals surface area contributed by atoms with E-state index in [-0.39, 0.29) is 0 Å². The zero-order valence-electron chi connectivity index (χ0n) is 7.04. The first-order valence-electron chi connectivity index (χ1n) is 4.12. The second-order valence-corrected chi connectivity index (χ2v) is 3.84. The van der Waals surface area contributed by atoms with Gasteiger partial charge in [-0.2, -0.15) is 0 Å². The van der Waals surface area contributed by atoms with Crippen molar-refractivity contribution < 1.29 is 0 Å². The summed E-state index contributed by atoms with van der Waals surface area (Å²) < 4.78 is 0. The molecule has 0 spiro atoms. The quantitative estimate of drug-likeness (QED) is 0.517. The fourth-order valence-corrected chi connectivity index (χ4v) is 1.24. The van der Waals surface area contributed by atoms with Gasteiger partial charge >= 0.3 is 0 Å². The van der Waals surface area contributed by atoms with Crippen LogP contribution in [0, 0.1) is 5.41 Å². The topological polar surface area (TPSA) is 24.1 Å². The monoisotopic (exact) mass is 142 g/mol. The van der Waals surface area contributed by atoms with Crippen molar-refractivity contribution in [3.05, 3.63) is 0 Å². The summed E-state index contributed by atoms with van der Waals surface area (Å²) in [5.74, 6) is 0. The van der Waals surface area contributed by atoms with Crippen molar-refractivity contribution in [3.63, 3.8) is 0 Å². The summed E-state index contributed by atoms with van der Waals surface area (Å²) in [6, 6.07) is 0. The Morgan fingerprint density at radius 2 is 1.70 bits per heavy atom. The van der Waals surface area contributed by atoms with Crippen LogP contribution < -0.4 is 10.6 Å². The highest BCUT2D eigenvalue weighted by molar-refractivity contribution is 4.74. The molecule has 1 aliphatic rings. The number of hydrogen-bond donors (Lipinski definition) is 2. The SMILES string of the molecule is CC1(C)CCNCCNC1. The van der Waals surface area contributed by atoms with Crippen molar-refractivity contribution in [1.82, 2.24) is 10.6 Å². The molecule has 0 unspecified atom stereocenters. The van der Waals surface area contributed by atoms with Gasteiger partial charge in [0, 0.05) is 19.6 Å². The Balaban J connectivity index is 2.30. The molecule has 10 heavy (non-hydrogen) atoms. The summed E-state index contributed by atoms with van der Waals surface area (Å²) >= 11 is 0. The van der Waals surface area contributed by atoms with Gasteiger partial charge in [0.2, 0.25) is 0 Å². The molecule has 1 heterocycles. The van der Waals surface area contributed by atoms with Crippen LogP contribution in [0.3, 0.4) is 0 Å². The number of rotatable bonds is 0. The zero-order chi connectivity index (χ0) is 7.45. The third kappa shape index (κ3) is 2.67. The van der Waals surface area contributed by atoms with Crippen molar-refractivity contribution in [2.75, 3.05) is 26.2 Å². The van der Waals surface area contributed by atoms with Crippen LogP contribution in [-0.2, 0) is 0 Å². The molecule has 0 radical (unpaired) electrons. The van der Waals surface area contributed by atoms with Crippen molar-refractivity contribution in [2.45, 2.75) is 20.3 Å². The highest BCUT2D eigenvalue weighted by Crippen LogP contribution is 2.18. The minimum Gasteiger partial charge on any atom is -0.315 e. The van der Waals surface area contributed by atoms with Crippen LogP contribution in [-0.4, -0.2) is 26.2 Å². The van der Waals surface area contributed by atoms with Gasteiger partial charge in [-0.15, -0.1) is 0 Å². The molecular formula is C8H18N2. The molecular weight excluding hydrogens is 124 g/mol. The van der Waals surface area contributed by atoms with Crippen LogP contribution in [0.4, 0.5) is 0 Å². The maximum atomic E-state index is 3.42. The van der Waals surface area contributed by atoms with Crippen LogP contribution >= 0.6 is 0 Å². The van der Waals surface area contributed by atoms with Crippen LogP contribution in [0.25, 0.3) is 0 Å². The lowest BCUT2D eigenvalue weighted by Gasteiger charge is -2.27. The molecule has 0 aromatic rings. The lowest BCUT2D eigenvalue weighted by atomic mass is 9.89. The summed E-state index contributed by atoms with van der Waals surface area (Å²) in [5.41, 5.74) is 0.480. The maximum Gasteiger partial charge on any atom is 0.00769 e. The Kier molecular flexibility index (Phi) is 2.69. The molecule has 0 bridgehead atoms. The molecule has 1 rings (SSSR count). The van der Waals surface area contributed by atoms with Gasteiger partial charge in [0.05, 0.1) is 0 Å². The standard InChI is InChI=1S/C8H18N2/c1-8(2)3-4-9-5-6-10-7-8/h9-10H,3-7H2,1-2H3. The van der Waals surface area contributed by atoms with E-state index in [0.29, 0.717) is 5.41 Å². The van der Waals surface area contributed by atoms with E-state index in [9.17, 15) is 0 Å². The fourth-order valence-electron chi connectivity index (χ4n) is 1.24. The van der Waals surface area contributed by atoms with Gasteiger partial charge < -0.3 is 10.6 Å². The van der Waals surface area contributed by atoms with Gasteiger partial charge in [-0.25, -0.2) is 0 Å². The molecule has 0 saturated carbocycles. The maximum absolute atomic E-state index is 3.42. The van der Waals surface area contributed by atoms with Crippen LogP contribution in [0.15, 0.2) is 0 Å². The third-order valence-corrected chi connectivity index (χ3v) is 2.06. The van der Waals surface area contributed by atoms with E-state index in [2.05, 4.69) is 24.5 Å². The fraction of sp³-hybridized carbons (Fsp3) is 1.00. The van der Waals surface area contributed by atoms with E-state index in [4.69, 9.17) is 0 Å². The largest absolute Gasteiger partial charge is 0.315 e. The predicted octanol–water partition coefficient (Wildman–Crippen LogP) is 0.596. The number of hydrogen-bond acceptors (Lipinski definition) is 2. The molecule has 0 atom stereocenters. The zero-order valence-corrected chi connectivity index (χ0v) is 7.04. The average molecular weight is 142 g/mol. The van der Waals surface area contributed by atoms with Gasteiger partial charge in [0.25, 0.3) is 0 Å². The Morgan fingerprint density at radius 3 is 2.50 bits per heavy atom. The van der Waals surface area contributed by atoms with Crippen LogP contribution in [0.2, 0.25) is 0 Å². The first-order valence-corrected chi connectivity index (χ1v) is 4.12. The van der Waals surface area contributed by atoms with Gasteiger partial charge in [-0.05, 0) is 18.4 Å². The normalized spacial score (nSPS) is 27.0. The Morgan fingerprint density at radius 1 is 1.00 bits per heavy atom. The van der Waals surface area contributed by atoms with Gasteiger partial charge in [-0.1, -0.05) is 13.8 Å². The summed E-state index contributed by atoms with van der Waals surface area (Å²) in [4.78, 5) is 0. The summed E-state index contributed by atoms with van der Waals surface area (Å²) in [5, 5.41) is 6.80. The molecule has 2 N–H and O–H groups in total. The third-order valence-electron chi connectivity index (χ3n) is 2.06. The second kappa shape index (κ2) is 3.35. The highest BCUT2D eigenvalue weighted by Gasteiger charge is 2.17. The molecule has 60 valence electrons. The molecule has 0 amide bonds. The average Bonchev–Trinajstić information content (AvgIpc) is 1.81. The lowest BCUT2D eigenvalue weighted by molar-refractivity contribution is 0.293. The van der Waals surface area contributed by atoms with Gasteiger partial charge in [-0.3, -0.25) is 0 Å². The van der Waals surface area contributed by atoms with E-state index in [1.807, 2.05) is 0 Å². The smallest absolute Gasteiger partial charge is 0.00769 e. The summed E-state index contributed by atoms with van der Waals surface area (Å²) in [7, 11) is 0. The minimum absolute atomic E-state index is 0.480. The first kappa shape index (κ1) is 8.02. The van der Waals surface area contributed by atoms with Crippen molar-refractivity contribution >= 4 is 0 Å². The molecule has 2 heteroatoms. The van der Waals surface area contributed by atoms with Gasteiger partial charge in [0.15, 0.2) is 0 Å². The summed E-state index contributed by atoms with van der Waals surface area (Å²) in [6.07, 6.45) is 1.28. The van der Waals surface area contributed by atoms with E-state index in [0.717, 1.165) is 19.6 Å². The Hall–Kier alpha value is -0.0800. The minimum atomic E-state index is 0.480. The van der Waals surface area contributed by atoms with Crippen molar-refractivity contribution in [3.8, 4) is 0 Å². The molecule has 2 nitrogen and oxygen atoms in total. The van der Waals surface area contributed by atoms with E-state index in [1.54, 1.807) is 0 Å². The van der Waals surface area contributed by atoms with Gasteiger partial charge in [0.1, 0.15) is 0 Å². The molecule has 0 aliphatic carbocycles. The van der Waals surface area contributed by atoms with E-state index in [1.165, 1.54) is 13.0 Å². The molecule has 1 fully saturated rings. The lowest BCUT2D eigenvalue weighted by Crippen LogP contribution is -2.40.